The number of aromatic amines is 1. The maximum atomic E-state index is 12.2. The predicted molar refractivity (Wildman–Crippen MR) is 68.2 cm³/mol. The lowest BCUT2D eigenvalue weighted by atomic mass is 10.3. The van der Waals surface area contributed by atoms with Crippen LogP contribution in [0.25, 0.3) is 0 Å². The molecule has 2 heterocycles. The number of amides is 2. The van der Waals surface area contributed by atoms with Crippen LogP contribution in [0.2, 0.25) is 0 Å². The Morgan fingerprint density at radius 1 is 1.22 bits per heavy atom. The molecule has 2 amide bonds. The van der Waals surface area contributed by atoms with E-state index < -0.39 is 0 Å². The van der Waals surface area contributed by atoms with Crippen LogP contribution in [0.1, 0.15) is 30.3 Å². The predicted octanol–water partition coefficient (Wildman–Crippen LogP) is 1.10. The number of nitrogens with zero attached hydrogens (tertiary/aromatic N) is 2. The molecule has 0 radical (unpaired) electrons. The third kappa shape index (κ3) is 2.72. The van der Waals surface area contributed by atoms with Gasteiger partial charge in [-0.05, 0) is 18.6 Å². The molecule has 1 aromatic heterocycles. The minimum Gasteiger partial charge on any atom is -0.357 e. The largest absolute Gasteiger partial charge is 0.357 e. The first-order valence-electron chi connectivity index (χ1n) is 6.43. The van der Waals surface area contributed by atoms with Gasteiger partial charge in [-0.25, -0.2) is 0 Å². The van der Waals surface area contributed by atoms with Crippen LogP contribution in [0.5, 0.6) is 0 Å². The van der Waals surface area contributed by atoms with Crippen molar-refractivity contribution in [2.24, 2.45) is 0 Å². The minimum absolute atomic E-state index is 0.0193. The molecule has 0 spiro atoms. The molecule has 5 nitrogen and oxygen atoms in total. The monoisotopic (exact) mass is 249 g/mol. The summed E-state index contributed by atoms with van der Waals surface area (Å²) in [6, 6.07) is 3.60. The van der Waals surface area contributed by atoms with Crippen LogP contribution in [0.4, 0.5) is 0 Å². The zero-order chi connectivity index (χ0) is 13.0. The SMILES string of the molecule is CCC(=O)N1CCCN(C(=O)c2ccc[nH]2)CC1. The van der Waals surface area contributed by atoms with E-state index in [2.05, 4.69) is 4.98 Å². The van der Waals surface area contributed by atoms with Crippen LogP contribution in [0.3, 0.4) is 0 Å². The van der Waals surface area contributed by atoms with Gasteiger partial charge in [-0.1, -0.05) is 6.92 Å². The Kier molecular flexibility index (Phi) is 4.02. The summed E-state index contributed by atoms with van der Waals surface area (Å²) in [6.45, 7) is 4.59. The van der Waals surface area contributed by atoms with Crippen molar-refractivity contribution in [3.63, 3.8) is 0 Å². The van der Waals surface area contributed by atoms with Crippen molar-refractivity contribution in [3.05, 3.63) is 24.0 Å². The zero-order valence-electron chi connectivity index (χ0n) is 10.7. The molecule has 5 heteroatoms. The van der Waals surface area contributed by atoms with Gasteiger partial charge < -0.3 is 14.8 Å². The molecule has 98 valence electrons. The Morgan fingerprint density at radius 2 is 1.94 bits per heavy atom. The molecule has 1 aliphatic heterocycles. The Morgan fingerprint density at radius 3 is 2.61 bits per heavy atom. The third-order valence-electron chi connectivity index (χ3n) is 3.27. The first-order valence-corrected chi connectivity index (χ1v) is 6.43. The van der Waals surface area contributed by atoms with E-state index in [1.807, 2.05) is 22.8 Å². The number of H-pyrrole nitrogens is 1. The topological polar surface area (TPSA) is 56.4 Å². The van der Waals surface area contributed by atoms with Gasteiger partial charge in [0.2, 0.25) is 5.91 Å². The van der Waals surface area contributed by atoms with Crippen LogP contribution in [-0.4, -0.2) is 52.8 Å². The summed E-state index contributed by atoms with van der Waals surface area (Å²) >= 11 is 0. The van der Waals surface area contributed by atoms with Gasteiger partial charge in [0.1, 0.15) is 5.69 Å². The lowest BCUT2D eigenvalue weighted by Gasteiger charge is -2.21. The summed E-state index contributed by atoms with van der Waals surface area (Å²) in [4.78, 5) is 30.4. The number of aromatic nitrogens is 1. The molecule has 2 rings (SSSR count). The summed E-state index contributed by atoms with van der Waals surface area (Å²) in [5.41, 5.74) is 0.616. The van der Waals surface area contributed by atoms with Crippen LogP contribution < -0.4 is 0 Å². The van der Waals surface area contributed by atoms with Gasteiger partial charge in [0.15, 0.2) is 0 Å². The molecule has 1 N–H and O–H groups in total. The normalized spacial score (nSPS) is 16.5. The van der Waals surface area contributed by atoms with Crippen molar-refractivity contribution in [1.29, 1.82) is 0 Å². The summed E-state index contributed by atoms with van der Waals surface area (Å²) in [6.07, 6.45) is 3.13. The molecule has 18 heavy (non-hydrogen) atoms. The van der Waals surface area contributed by atoms with Gasteiger partial charge in [-0.2, -0.15) is 0 Å². The van der Waals surface area contributed by atoms with Crippen molar-refractivity contribution in [2.45, 2.75) is 19.8 Å². The van der Waals surface area contributed by atoms with E-state index in [-0.39, 0.29) is 11.8 Å². The highest BCUT2D eigenvalue weighted by Crippen LogP contribution is 2.08. The Balaban J connectivity index is 1.97. The van der Waals surface area contributed by atoms with Gasteiger partial charge in [0.05, 0.1) is 0 Å². The van der Waals surface area contributed by atoms with Crippen LogP contribution in [0.15, 0.2) is 18.3 Å². The lowest BCUT2D eigenvalue weighted by Crippen LogP contribution is -2.37. The van der Waals surface area contributed by atoms with E-state index in [0.717, 1.165) is 13.0 Å². The van der Waals surface area contributed by atoms with Crippen molar-refractivity contribution < 1.29 is 9.59 Å². The molecule has 0 atom stereocenters. The van der Waals surface area contributed by atoms with Crippen LogP contribution >= 0.6 is 0 Å². The summed E-state index contributed by atoms with van der Waals surface area (Å²) < 4.78 is 0. The van der Waals surface area contributed by atoms with E-state index in [1.54, 1.807) is 12.3 Å². The highest BCUT2D eigenvalue weighted by atomic mass is 16.2. The quantitative estimate of drug-likeness (QED) is 0.853. The molecule has 0 bridgehead atoms. The lowest BCUT2D eigenvalue weighted by molar-refractivity contribution is -0.130. The second-order valence-corrected chi connectivity index (χ2v) is 4.46. The van der Waals surface area contributed by atoms with Crippen molar-refractivity contribution in [2.75, 3.05) is 26.2 Å². The zero-order valence-corrected chi connectivity index (χ0v) is 10.7. The summed E-state index contributed by atoms with van der Waals surface area (Å²) in [7, 11) is 0. The second kappa shape index (κ2) is 5.71. The summed E-state index contributed by atoms with van der Waals surface area (Å²) in [5.74, 6) is 0.190. The van der Waals surface area contributed by atoms with E-state index in [9.17, 15) is 9.59 Å². The number of carbonyl (C=O) groups is 2. The van der Waals surface area contributed by atoms with Crippen LogP contribution in [0, 0.1) is 0 Å². The first-order chi connectivity index (χ1) is 8.72. The van der Waals surface area contributed by atoms with Gasteiger partial charge in [0.25, 0.3) is 5.91 Å². The van der Waals surface area contributed by atoms with E-state index >= 15 is 0 Å². The Bertz CT molecular complexity index is 414. The molecule has 1 saturated heterocycles. The summed E-state index contributed by atoms with van der Waals surface area (Å²) in [5, 5.41) is 0. The highest BCUT2D eigenvalue weighted by Gasteiger charge is 2.22. The molecule has 1 fully saturated rings. The fraction of sp³-hybridized carbons (Fsp3) is 0.538. The maximum Gasteiger partial charge on any atom is 0.270 e. The highest BCUT2D eigenvalue weighted by molar-refractivity contribution is 5.92. The Hall–Kier alpha value is -1.78. The third-order valence-corrected chi connectivity index (χ3v) is 3.27. The molecular formula is C13H19N3O2. The molecule has 0 aliphatic carbocycles. The fourth-order valence-electron chi connectivity index (χ4n) is 2.23. The van der Waals surface area contributed by atoms with Crippen LogP contribution in [-0.2, 0) is 4.79 Å². The first kappa shape index (κ1) is 12.7. The van der Waals surface area contributed by atoms with E-state index in [0.29, 0.717) is 31.7 Å². The Labute approximate surface area is 107 Å². The average molecular weight is 249 g/mol. The second-order valence-electron chi connectivity index (χ2n) is 4.46. The molecule has 1 aromatic rings. The van der Waals surface area contributed by atoms with Crippen molar-refractivity contribution in [3.8, 4) is 0 Å². The standard InChI is InChI=1S/C13H19N3O2/c1-2-12(17)15-7-4-8-16(10-9-15)13(18)11-5-3-6-14-11/h3,5-6,14H,2,4,7-10H2,1H3. The van der Waals surface area contributed by atoms with E-state index in [1.165, 1.54) is 0 Å². The minimum atomic E-state index is 0.0193. The smallest absolute Gasteiger partial charge is 0.270 e. The van der Waals surface area contributed by atoms with Gasteiger partial charge in [-0.15, -0.1) is 0 Å². The maximum absolute atomic E-state index is 12.2. The molecule has 0 saturated carbocycles. The number of nitrogens with one attached hydrogen (secondary N) is 1. The molecule has 0 unspecified atom stereocenters. The fourth-order valence-corrected chi connectivity index (χ4v) is 2.23. The number of rotatable bonds is 2. The van der Waals surface area contributed by atoms with Crippen molar-refractivity contribution in [1.82, 2.24) is 14.8 Å². The van der Waals surface area contributed by atoms with Crippen molar-refractivity contribution >= 4 is 11.8 Å². The average Bonchev–Trinajstić information content (AvgIpc) is 2.81. The van der Waals surface area contributed by atoms with Gasteiger partial charge in [-0.3, -0.25) is 9.59 Å². The molecule has 0 aromatic carbocycles. The van der Waals surface area contributed by atoms with E-state index in [4.69, 9.17) is 0 Å². The number of hydrogen-bond acceptors (Lipinski definition) is 2. The van der Waals surface area contributed by atoms with Gasteiger partial charge in [0, 0.05) is 38.8 Å². The number of hydrogen-bond donors (Lipinski definition) is 1. The molecule has 1 aliphatic rings. The van der Waals surface area contributed by atoms with Gasteiger partial charge >= 0.3 is 0 Å². The molecular weight excluding hydrogens is 230 g/mol. The number of carbonyl (C=O) groups excluding carboxylic acids is 2.